The number of fused-ring (bicyclic) bond motifs is 4. The average Bonchev–Trinajstić information content (AvgIpc) is 3.36. The molecular formula is C21H25ClN2OS. The predicted molar refractivity (Wildman–Crippen MR) is 108 cm³/mol. The minimum absolute atomic E-state index is 0.0320. The number of halogens is 1. The molecule has 1 N–H and O–H groups in total. The first-order valence-corrected chi connectivity index (χ1v) is 10.9. The second kappa shape index (κ2) is 5.95. The van der Waals surface area contributed by atoms with Crippen molar-refractivity contribution in [1.82, 2.24) is 10.2 Å². The summed E-state index contributed by atoms with van der Waals surface area (Å²) < 4.78 is 1.06. The Hall–Kier alpha value is -1.10. The predicted octanol–water partition coefficient (Wildman–Crippen LogP) is 5.03. The summed E-state index contributed by atoms with van der Waals surface area (Å²) in [6, 6.07) is 6.50. The fraction of sp³-hybridized carbons (Fsp3) is 0.571. The topological polar surface area (TPSA) is 32.3 Å². The van der Waals surface area contributed by atoms with Crippen LogP contribution in [0.5, 0.6) is 0 Å². The Morgan fingerprint density at radius 3 is 2.62 bits per heavy atom. The molecule has 1 aromatic carbocycles. The molecule has 6 rings (SSSR count). The van der Waals surface area contributed by atoms with Crippen molar-refractivity contribution < 1.29 is 4.79 Å². The van der Waals surface area contributed by atoms with Gasteiger partial charge in [-0.1, -0.05) is 23.7 Å². The summed E-state index contributed by atoms with van der Waals surface area (Å²) in [5, 5.41) is 5.32. The van der Waals surface area contributed by atoms with Crippen LogP contribution in [0.2, 0.25) is 5.02 Å². The van der Waals surface area contributed by atoms with Crippen molar-refractivity contribution in [1.29, 1.82) is 0 Å². The van der Waals surface area contributed by atoms with E-state index in [9.17, 15) is 4.79 Å². The van der Waals surface area contributed by atoms with Gasteiger partial charge in [-0.25, -0.2) is 0 Å². The van der Waals surface area contributed by atoms with E-state index in [-0.39, 0.29) is 17.5 Å². The van der Waals surface area contributed by atoms with Gasteiger partial charge in [-0.2, -0.15) is 0 Å². The van der Waals surface area contributed by atoms with Crippen molar-refractivity contribution in [3.05, 3.63) is 33.7 Å². The highest BCUT2D eigenvalue weighted by molar-refractivity contribution is 7.21. The molecule has 4 heterocycles. The molecule has 1 aromatic heterocycles. The van der Waals surface area contributed by atoms with Crippen LogP contribution in [0, 0.1) is 5.92 Å². The summed E-state index contributed by atoms with van der Waals surface area (Å²) in [4.78, 5) is 16.3. The lowest BCUT2D eigenvalue weighted by Gasteiger charge is -2.56. The molecule has 26 heavy (non-hydrogen) atoms. The van der Waals surface area contributed by atoms with Crippen LogP contribution < -0.4 is 5.32 Å². The normalized spacial score (nSPS) is 29.9. The number of piperidine rings is 3. The van der Waals surface area contributed by atoms with Crippen LogP contribution in [-0.4, -0.2) is 35.5 Å². The molecule has 3 saturated heterocycles. The monoisotopic (exact) mass is 388 g/mol. The average molecular weight is 389 g/mol. The van der Waals surface area contributed by atoms with E-state index in [4.69, 9.17) is 11.6 Å². The molecule has 0 radical (unpaired) electrons. The Morgan fingerprint density at radius 2 is 1.96 bits per heavy atom. The Bertz CT molecular complexity index is 878. The largest absolute Gasteiger partial charge is 0.346 e. The van der Waals surface area contributed by atoms with Gasteiger partial charge >= 0.3 is 0 Å². The smallest absolute Gasteiger partial charge is 0.261 e. The van der Waals surface area contributed by atoms with E-state index in [0.29, 0.717) is 11.8 Å². The van der Waals surface area contributed by atoms with Gasteiger partial charge < -0.3 is 5.32 Å². The molecule has 0 spiro atoms. The van der Waals surface area contributed by atoms with Crippen LogP contribution in [0.3, 0.4) is 0 Å². The summed E-state index contributed by atoms with van der Waals surface area (Å²) in [6.07, 6.45) is 4.85. The molecule has 2 bridgehead atoms. The summed E-state index contributed by atoms with van der Waals surface area (Å²) >= 11 is 8.20. The molecule has 1 saturated carbocycles. The Morgan fingerprint density at radius 1 is 1.23 bits per heavy atom. The zero-order valence-corrected chi connectivity index (χ0v) is 16.9. The maximum atomic E-state index is 13.0. The lowest BCUT2D eigenvalue weighted by molar-refractivity contribution is -0.0377. The van der Waals surface area contributed by atoms with Gasteiger partial charge in [-0.05, 0) is 81.5 Å². The number of amides is 1. The van der Waals surface area contributed by atoms with Crippen molar-refractivity contribution in [2.75, 3.05) is 13.1 Å². The first kappa shape index (κ1) is 17.0. The minimum atomic E-state index is 0.0320. The number of nitrogens with one attached hydrogen (secondary N) is 1. The molecule has 1 amide bonds. The molecule has 5 heteroatoms. The Labute approximate surface area is 163 Å². The third kappa shape index (κ3) is 2.61. The van der Waals surface area contributed by atoms with Gasteiger partial charge in [0.15, 0.2) is 0 Å². The maximum absolute atomic E-state index is 13.0. The fourth-order valence-electron chi connectivity index (χ4n) is 5.00. The van der Waals surface area contributed by atoms with Crippen LogP contribution in [-0.2, 0) is 0 Å². The van der Waals surface area contributed by atoms with Crippen LogP contribution in [0.1, 0.15) is 60.7 Å². The zero-order chi connectivity index (χ0) is 18.1. The van der Waals surface area contributed by atoms with Crippen LogP contribution in [0.25, 0.3) is 10.1 Å². The Balaban J connectivity index is 1.43. The summed E-state index contributed by atoms with van der Waals surface area (Å²) in [5.74, 6) is 1.28. The summed E-state index contributed by atoms with van der Waals surface area (Å²) in [6.45, 7) is 6.86. The van der Waals surface area contributed by atoms with Gasteiger partial charge in [-0.3, -0.25) is 9.69 Å². The molecule has 0 unspecified atom stereocenters. The molecule has 1 aliphatic carbocycles. The lowest BCUT2D eigenvalue weighted by Crippen LogP contribution is -2.69. The minimum Gasteiger partial charge on any atom is -0.346 e. The van der Waals surface area contributed by atoms with E-state index in [0.717, 1.165) is 33.1 Å². The Kier molecular flexibility index (Phi) is 3.90. The molecule has 4 fully saturated rings. The number of rotatable bonds is 3. The highest BCUT2D eigenvalue weighted by Crippen LogP contribution is 2.46. The van der Waals surface area contributed by atoms with Crippen molar-refractivity contribution in [3.63, 3.8) is 0 Å². The first-order valence-electron chi connectivity index (χ1n) is 9.73. The van der Waals surface area contributed by atoms with E-state index in [1.54, 1.807) is 11.3 Å². The second-order valence-electron chi connectivity index (χ2n) is 8.70. The van der Waals surface area contributed by atoms with Gasteiger partial charge in [0.2, 0.25) is 0 Å². The van der Waals surface area contributed by atoms with E-state index in [1.165, 1.54) is 31.2 Å². The van der Waals surface area contributed by atoms with Gasteiger partial charge in [0.05, 0.1) is 14.6 Å². The van der Waals surface area contributed by atoms with Crippen LogP contribution in [0.15, 0.2) is 18.2 Å². The molecular weight excluding hydrogens is 364 g/mol. The molecule has 3 aliphatic heterocycles. The van der Waals surface area contributed by atoms with Crippen molar-refractivity contribution in [2.45, 2.75) is 57.0 Å². The van der Waals surface area contributed by atoms with Crippen molar-refractivity contribution >= 4 is 38.9 Å². The highest BCUT2D eigenvalue weighted by atomic mass is 35.5. The van der Waals surface area contributed by atoms with Crippen LogP contribution in [0.4, 0.5) is 0 Å². The molecule has 2 aromatic rings. The lowest BCUT2D eigenvalue weighted by atomic mass is 9.72. The van der Waals surface area contributed by atoms with Crippen LogP contribution >= 0.6 is 22.9 Å². The number of nitrogens with zero attached hydrogens (tertiary/aromatic N) is 1. The summed E-state index contributed by atoms with van der Waals surface area (Å²) in [5.41, 5.74) is 1.29. The third-order valence-corrected chi connectivity index (χ3v) is 8.46. The van der Waals surface area contributed by atoms with E-state index in [1.807, 2.05) is 6.07 Å². The second-order valence-corrected chi connectivity index (χ2v) is 10.1. The number of carbonyl (C=O) groups is 1. The van der Waals surface area contributed by atoms with Gasteiger partial charge in [0.1, 0.15) is 0 Å². The fourth-order valence-corrected chi connectivity index (χ4v) is 6.45. The van der Waals surface area contributed by atoms with E-state index in [2.05, 4.69) is 36.2 Å². The number of carbonyl (C=O) groups excluding carboxylic acids is 1. The maximum Gasteiger partial charge on any atom is 0.261 e. The molecule has 1 atom stereocenters. The van der Waals surface area contributed by atoms with Gasteiger partial charge in [-0.15, -0.1) is 11.3 Å². The van der Waals surface area contributed by atoms with Gasteiger partial charge in [0, 0.05) is 11.6 Å². The highest BCUT2D eigenvalue weighted by Gasteiger charge is 2.48. The molecule has 138 valence electrons. The van der Waals surface area contributed by atoms with Gasteiger partial charge in [0.25, 0.3) is 5.91 Å². The molecule has 4 aliphatic rings. The SMILES string of the molecule is CC1(C)[C@H](NC(=O)c2cc3ccc(C4CC4)c(Cl)c3s2)C2CCN1CC2. The summed E-state index contributed by atoms with van der Waals surface area (Å²) in [7, 11) is 0. The number of hydrogen-bond donors (Lipinski definition) is 1. The molecule has 3 nitrogen and oxygen atoms in total. The quantitative estimate of drug-likeness (QED) is 0.799. The number of benzene rings is 1. The number of hydrogen-bond acceptors (Lipinski definition) is 3. The standard InChI is InChI=1S/C21H25ClN2OS/c1-21(2)19(13-7-9-24(21)10-8-13)23-20(25)16-11-14-5-6-15(12-3-4-12)17(22)18(14)26-16/h5-6,11-13,19H,3-4,7-10H2,1-2H3,(H,23,25)/t19-/m1/s1. The zero-order valence-electron chi connectivity index (χ0n) is 15.3. The first-order chi connectivity index (χ1) is 12.4. The number of thiophene rings is 1. The third-order valence-electron chi connectivity index (χ3n) is 6.77. The van der Waals surface area contributed by atoms with E-state index >= 15 is 0 Å². The van der Waals surface area contributed by atoms with Crippen molar-refractivity contribution in [3.8, 4) is 0 Å². The van der Waals surface area contributed by atoms with Crippen molar-refractivity contribution in [2.24, 2.45) is 5.92 Å². The van der Waals surface area contributed by atoms with E-state index < -0.39 is 0 Å².